The van der Waals surface area contributed by atoms with Gasteiger partial charge < -0.3 is 15.2 Å². The molecule has 1 unspecified atom stereocenters. The Morgan fingerprint density at radius 2 is 2.05 bits per heavy atom. The van der Waals surface area contributed by atoms with E-state index < -0.39 is 0 Å². The van der Waals surface area contributed by atoms with Crippen molar-refractivity contribution in [3.05, 3.63) is 18.2 Å². The molecule has 0 aromatic carbocycles. The summed E-state index contributed by atoms with van der Waals surface area (Å²) in [6.07, 6.45) is 8.51. The van der Waals surface area contributed by atoms with Crippen LogP contribution in [0.3, 0.4) is 0 Å². The van der Waals surface area contributed by atoms with E-state index in [-0.39, 0.29) is 18.8 Å². The normalized spacial score (nSPS) is 17.0. The topological polar surface area (TPSA) is 67.3 Å². The van der Waals surface area contributed by atoms with Gasteiger partial charge in [-0.05, 0) is 26.2 Å². The summed E-state index contributed by atoms with van der Waals surface area (Å²) in [6, 6.07) is 0.149. The average molecular weight is 279 g/mol. The van der Waals surface area contributed by atoms with E-state index in [9.17, 15) is 5.11 Å². The Balaban J connectivity index is 1.76. The molecular weight excluding hydrogens is 254 g/mol. The molecule has 1 fully saturated rings. The van der Waals surface area contributed by atoms with E-state index in [4.69, 9.17) is 4.74 Å². The fraction of sp³-hybridized carbons (Fsp3) is 0.733. The molecule has 0 spiro atoms. The van der Waals surface area contributed by atoms with Gasteiger partial charge >= 0.3 is 0 Å². The van der Waals surface area contributed by atoms with Gasteiger partial charge in [0, 0.05) is 6.04 Å². The van der Waals surface area contributed by atoms with Gasteiger partial charge in [0.15, 0.2) is 5.75 Å². The fourth-order valence-electron chi connectivity index (χ4n) is 2.36. The first-order valence-electron chi connectivity index (χ1n) is 7.49. The molecule has 2 N–H and O–H groups in total. The Morgan fingerprint density at radius 3 is 2.55 bits per heavy atom. The first-order valence-corrected chi connectivity index (χ1v) is 7.49. The quantitative estimate of drug-likeness (QED) is 0.761. The van der Waals surface area contributed by atoms with E-state index in [2.05, 4.69) is 15.3 Å². The third-order valence-corrected chi connectivity index (χ3v) is 3.67. The largest absolute Gasteiger partial charge is 0.488 e. The third kappa shape index (κ3) is 4.72. The van der Waals surface area contributed by atoms with Crippen LogP contribution in [0.1, 0.15) is 45.4 Å². The Hall–Kier alpha value is -1.20. The zero-order valence-electron chi connectivity index (χ0n) is 12.4. The van der Waals surface area contributed by atoms with Gasteiger partial charge in [0.05, 0.1) is 31.6 Å². The molecule has 1 aliphatic carbocycles. The van der Waals surface area contributed by atoms with Crippen molar-refractivity contribution < 1.29 is 9.84 Å². The minimum absolute atomic E-state index is 0.129. The van der Waals surface area contributed by atoms with Crippen molar-refractivity contribution in [2.75, 3.05) is 6.61 Å². The molecule has 1 atom stereocenters. The van der Waals surface area contributed by atoms with Gasteiger partial charge in [-0.3, -0.25) is 0 Å². The molecule has 5 heteroatoms. The lowest BCUT2D eigenvalue weighted by Crippen LogP contribution is -2.35. The maximum Gasteiger partial charge on any atom is 0.156 e. The number of aliphatic hydroxyl groups excluding tert-OH is 1. The summed E-state index contributed by atoms with van der Waals surface area (Å²) >= 11 is 0. The second kappa shape index (κ2) is 7.55. The highest BCUT2D eigenvalue weighted by Gasteiger charge is 2.21. The molecule has 1 heterocycles. The summed E-state index contributed by atoms with van der Waals surface area (Å²) in [4.78, 5) is 8.54. The van der Waals surface area contributed by atoms with Crippen LogP contribution in [-0.2, 0) is 6.54 Å². The number of aliphatic hydroxyl groups is 1. The van der Waals surface area contributed by atoms with Crippen molar-refractivity contribution in [1.29, 1.82) is 0 Å². The van der Waals surface area contributed by atoms with Crippen LogP contribution in [0, 0.1) is 5.92 Å². The summed E-state index contributed by atoms with van der Waals surface area (Å²) in [7, 11) is 0. The molecule has 0 bridgehead atoms. The third-order valence-electron chi connectivity index (χ3n) is 3.67. The van der Waals surface area contributed by atoms with Crippen LogP contribution in [-0.4, -0.2) is 33.8 Å². The number of nitrogens with one attached hydrogen (secondary N) is 1. The van der Waals surface area contributed by atoms with Crippen LogP contribution < -0.4 is 10.1 Å². The van der Waals surface area contributed by atoms with E-state index in [0.717, 1.165) is 18.2 Å². The smallest absolute Gasteiger partial charge is 0.156 e. The van der Waals surface area contributed by atoms with Gasteiger partial charge in [-0.15, -0.1) is 0 Å². The van der Waals surface area contributed by atoms with Gasteiger partial charge in [0.2, 0.25) is 0 Å². The summed E-state index contributed by atoms with van der Waals surface area (Å²) in [5.41, 5.74) is 0. The zero-order chi connectivity index (χ0) is 14.4. The Kier molecular flexibility index (Phi) is 5.73. The lowest BCUT2D eigenvalue weighted by molar-refractivity contribution is 0.188. The number of nitrogens with zero attached hydrogens (tertiary/aromatic N) is 2. The number of ether oxygens (including phenoxy) is 1. The highest BCUT2D eigenvalue weighted by molar-refractivity contribution is 5.12. The second-order valence-electron chi connectivity index (χ2n) is 5.79. The van der Waals surface area contributed by atoms with Crippen LogP contribution in [0.15, 0.2) is 12.4 Å². The highest BCUT2D eigenvalue weighted by Crippen LogP contribution is 2.30. The summed E-state index contributed by atoms with van der Waals surface area (Å²) in [5.74, 6) is 2.20. The Morgan fingerprint density at radius 1 is 1.35 bits per heavy atom. The van der Waals surface area contributed by atoms with Crippen molar-refractivity contribution in [1.82, 2.24) is 15.3 Å². The molecule has 0 amide bonds. The van der Waals surface area contributed by atoms with Crippen molar-refractivity contribution >= 4 is 0 Å². The molecule has 5 nitrogen and oxygen atoms in total. The standard InChI is InChI=1S/C15H25N3O2/c1-11(2)20-14-7-17-15(18-8-14)9-16-13(10-19)6-12-4-3-5-12/h7-8,11-13,16,19H,3-6,9-10H2,1-2H3. The van der Waals surface area contributed by atoms with Gasteiger partial charge in [-0.25, -0.2) is 9.97 Å². The van der Waals surface area contributed by atoms with Crippen LogP contribution in [0.2, 0.25) is 0 Å². The Bertz CT molecular complexity index is 391. The molecule has 0 aliphatic heterocycles. The minimum Gasteiger partial charge on any atom is -0.488 e. The van der Waals surface area contributed by atoms with E-state index >= 15 is 0 Å². The molecule has 1 saturated carbocycles. The molecule has 112 valence electrons. The predicted molar refractivity (Wildman–Crippen MR) is 77.5 cm³/mol. The number of aromatic nitrogens is 2. The predicted octanol–water partition coefficient (Wildman–Crippen LogP) is 1.90. The van der Waals surface area contributed by atoms with Crippen LogP contribution in [0.5, 0.6) is 5.75 Å². The van der Waals surface area contributed by atoms with Gasteiger partial charge in [-0.1, -0.05) is 19.3 Å². The van der Waals surface area contributed by atoms with Gasteiger partial charge in [-0.2, -0.15) is 0 Å². The monoisotopic (exact) mass is 279 g/mol. The van der Waals surface area contributed by atoms with Gasteiger partial charge in [0.25, 0.3) is 0 Å². The maximum atomic E-state index is 9.39. The summed E-state index contributed by atoms with van der Waals surface area (Å²) < 4.78 is 5.51. The fourth-order valence-corrected chi connectivity index (χ4v) is 2.36. The number of hydrogen-bond donors (Lipinski definition) is 2. The van der Waals surface area contributed by atoms with Crippen molar-refractivity contribution in [2.24, 2.45) is 5.92 Å². The van der Waals surface area contributed by atoms with Crippen molar-refractivity contribution in [3.8, 4) is 5.75 Å². The molecule has 0 radical (unpaired) electrons. The molecule has 1 aromatic rings. The van der Waals surface area contributed by atoms with E-state index in [0.29, 0.717) is 12.3 Å². The molecule has 20 heavy (non-hydrogen) atoms. The lowest BCUT2D eigenvalue weighted by atomic mass is 9.81. The van der Waals surface area contributed by atoms with Crippen LogP contribution >= 0.6 is 0 Å². The molecule has 2 rings (SSSR count). The maximum absolute atomic E-state index is 9.39. The second-order valence-corrected chi connectivity index (χ2v) is 5.79. The number of rotatable bonds is 8. The Labute approximate surface area is 120 Å². The van der Waals surface area contributed by atoms with E-state index in [1.807, 2.05) is 13.8 Å². The van der Waals surface area contributed by atoms with Crippen LogP contribution in [0.25, 0.3) is 0 Å². The first kappa shape index (κ1) is 15.2. The molecular formula is C15H25N3O2. The van der Waals surface area contributed by atoms with Crippen LogP contribution in [0.4, 0.5) is 0 Å². The van der Waals surface area contributed by atoms with Crippen molar-refractivity contribution in [3.63, 3.8) is 0 Å². The number of hydrogen-bond acceptors (Lipinski definition) is 5. The molecule has 1 aliphatic rings. The SMILES string of the molecule is CC(C)Oc1cnc(CNC(CO)CC2CCC2)nc1. The molecule has 1 aromatic heterocycles. The lowest BCUT2D eigenvalue weighted by Gasteiger charge is -2.29. The minimum atomic E-state index is 0.129. The van der Waals surface area contributed by atoms with E-state index in [1.54, 1.807) is 12.4 Å². The summed E-state index contributed by atoms with van der Waals surface area (Å²) in [6.45, 7) is 4.70. The highest BCUT2D eigenvalue weighted by atomic mass is 16.5. The first-order chi connectivity index (χ1) is 9.67. The zero-order valence-corrected chi connectivity index (χ0v) is 12.4. The average Bonchev–Trinajstić information content (AvgIpc) is 2.38. The molecule has 0 saturated heterocycles. The summed E-state index contributed by atoms with van der Waals surface area (Å²) in [5, 5.41) is 12.7. The van der Waals surface area contributed by atoms with Crippen molar-refractivity contribution in [2.45, 2.75) is 58.2 Å². The van der Waals surface area contributed by atoms with E-state index in [1.165, 1.54) is 19.3 Å². The van der Waals surface area contributed by atoms with Gasteiger partial charge in [0.1, 0.15) is 5.82 Å².